The average Bonchev–Trinajstić information content (AvgIpc) is 2.87. The molecule has 0 bridgehead atoms. The Morgan fingerprint density at radius 3 is 2.10 bits per heavy atom. The molecule has 39 heavy (non-hydrogen) atoms. The summed E-state index contributed by atoms with van der Waals surface area (Å²) in [5.41, 5.74) is 1.34. The van der Waals surface area contributed by atoms with E-state index in [1.807, 2.05) is 27.7 Å². The van der Waals surface area contributed by atoms with Gasteiger partial charge in [0.05, 0.1) is 20.6 Å². The SMILES string of the molecule is Cc1ccc(S(=O)(=O)N(CC(=O)N(Cc2ccc(Cl)c(Cl)c2)C(C)C(=O)NC(C)(C)C)c2ccccc2)cc1. The number of anilines is 1. The summed E-state index contributed by atoms with van der Waals surface area (Å²) in [6.45, 7) is 8.49. The van der Waals surface area contributed by atoms with Crippen LogP contribution >= 0.6 is 23.2 Å². The Morgan fingerprint density at radius 1 is 0.923 bits per heavy atom. The summed E-state index contributed by atoms with van der Waals surface area (Å²) in [5.74, 6) is -0.930. The Morgan fingerprint density at radius 2 is 1.54 bits per heavy atom. The first-order valence-electron chi connectivity index (χ1n) is 12.4. The van der Waals surface area contributed by atoms with E-state index in [9.17, 15) is 18.0 Å². The van der Waals surface area contributed by atoms with Gasteiger partial charge in [-0.1, -0.05) is 65.2 Å². The van der Waals surface area contributed by atoms with Gasteiger partial charge in [0.2, 0.25) is 11.8 Å². The molecule has 0 saturated carbocycles. The van der Waals surface area contributed by atoms with Crippen molar-refractivity contribution in [3.63, 3.8) is 0 Å². The number of nitrogens with one attached hydrogen (secondary N) is 1. The lowest BCUT2D eigenvalue weighted by molar-refractivity contribution is -0.140. The van der Waals surface area contributed by atoms with Crippen molar-refractivity contribution in [2.75, 3.05) is 10.8 Å². The first-order chi connectivity index (χ1) is 18.2. The molecule has 10 heteroatoms. The van der Waals surface area contributed by atoms with Crippen LogP contribution in [0.25, 0.3) is 0 Å². The molecule has 0 aliphatic rings. The van der Waals surface area contributed by atoms with E-state index in [-0.39, 0.29) is 17.3 Å². The summed E-state index contributed by atoms with van der Waals surface area (Å²) >= 11 is 12.3. The number of hydrogen-bond acceptors (Lipinski definition) is 4. The van der Waals surface area contributed by atoms with Gasteiger partial charge in [0.1, 0.15) is 12.6 Å². The fourth-order valence-electron chi connectivity index (χ4n) is 3.85. The lowest BCUT2D eigenvalue weighted by Crippen LogP contribution is -2.54. The smallest absolute Gasteiger partial charge is 0.264 e. The second-order valence-corrected chi connectivity index (χ2v) is 13.0. The molecule has 0 fully saturated rings. The van der Waals surface area contributed by atoms with Crippen molar-refractivity contribution in [3.8, 4) is 0 Å². The number of carbonyl (C=O) groups excluding carboxylic acids is 2. The number of para-hydroxylation sites is 1. The van der Waals surface area contributed by atoms with Crippen LogP contribution in [0.1, 0.15) is 38.8 Å². The van der Waals surface area contributed by atoms with Gasteiger partial charge >= 0.3 is 0 Å². The van der Waals surface area contributed by atoms with Gasteiger partial charge in [0.25, 0.3) is 10.0 Å². The number of sulfonamides is 1. The highest BCUT2D eigenvalue weighted by atomic mass is 35.5. The van der Waals surface area contributed by atoms with Crippen LogP contribution in [0.3, 0.4) is 0 Å². The lowest BCUT2D eigenvalue weighted by Gasteiger charge is -2.33. The molecule has 0 aliphatic carbocycles. The standard InChI is InChI=1S/C29H33Cl2N3O4S/c1-20-11-14-24(15-12-20)39(37,38)34(23-9-7-6-8-10-23)19-27(35)33(21(2)28(36)32-29(3,4)5)18-22-13-16-25(30)26(31)17-22/h6-17,21H,18-19H2,1-5H3,(H,32,36). The summed E-state index contributed by atoms with van der Waals surface area (Å²) in [6, 6.07) is 18.9. The topological polar surface area (TPSA) is 86.8 Å². The maximum Gasteiger partial charge on any atom is 0.264 e. The minimum absolute atomic E-state index is 0.0155. The van der Waals surface area contributed by atoms with Crippen LogP contribution in [0.4, 0.5) is 5.69 Å². The summed E-state index contributed by atoms with van der Waals surface area (Å²) < 4.78 is 28.6. The van der Waals surface area contributed by atoms with E-state index in [2.05, 4.69) is 5.32 Å². The maximum atomic E-state index is 13.9. The van der Waals surface area contributed by atoms with Gasteiger partial charge in [-0.05, 0) is 76.6 Å². The minimum atomic E-state index is -4.11. The molecule has 0 radical (unpaired) electrons. The van der Waals surface area contributed by atoms with Crippen LogP contribution in [0, 0.1) is 6.92 Å². The van der Waals surface area contributed by atoms with Crippen molar-refractivity contribution in [3.05, 3.63) is 94.0 Å². The van der Waals surface area contributed by atoms with Crippen molar-refractivity contribution >= 4 is 50.7 Å². The van der Waals surface area contributed by atoms with Gasteiger partial charge in [0, 0.05) is 12.1 Å². The molecule has 3 aromatic rings. The zero-order valence-electron chi connectivity index (χ0n) is 22.6. The Hall–Kier alpha value is -3.07. The molecule has 0 spiro atoms. The van der Waals surface area contributed by atoms with Crippen molar-refractivity contribution in [1.82, 2.24) is 10.2 Å². The summed E-state index contributed by atoms with van der Waals surface area (Å²) in [4.78, 5) is 28.4. The van der Waals surface area contributed by atoms with Crippen molar-refractivity contribution in [2.45, 2.75) is 57.6 Å². The third-order valence-electron chi connectivity index (χ3n) is 5.93. The van der Waals surface area contributed by atoms with Crippen LogP contribution < -0.4 is 9.62 Å². The highest BCUT2D eigenvalue weighted by molar-refractivity contribution is 7.92. The largest absolute Gasteiger partial charge is 0.350 e. The first kappa shape index (κ1) is 30.5. The summed E-state index contributed by atoms with van der Waals surface area (Å²) in [6.07, 6.45) is 0. The zero-order valence-corrected chi connectivity index (χ0v) is 24.9. The molecule has 1 atom stereocenters. The fourth-order valence-corrected chi connectivity index (χ4v) is 5.59. The van der Waals surface area contributed by atoms with Crippen LogP contribution in [0.15, 0.2) is 77.7 Å². The number of hydrogen-bond donors (Lipinski definition) is 1. The van der Waals surface area contributed by atoms with E-state index in [4.69, 9.17) is 23.2 Å². The molecule has 0 heterocycles. The van der Waals surface area contributed by atoms with Crippen LogP contribution in [0.2, 0.25) is 10.0 Å². The Bertz CT molecular complexity index is 1420. The van der Waals surface area contributed by atoms with E-state index in [0.29, 0.717) is 21.3 Å². The number of benzene rings is 3. The predicted molar refractivity (Wildman–Crippen MR) is 157 cm³/mol. The van der Waals surface area contributed by atoms with Crippen molar-refractivity contribution < 1.29 is 18.0 Å². The molecule has 2 amide bonds. The molecule has 0 aromatic heterocycles. The van der Waals surface area contributed by atoms with Gasteiger partial charge < -0.3 is 10.2 Å². The van der Waals surface area contributed by atoms with Crippen LogP contribution in [0.5, 0.6) is 0 Å². The van der Waals surface area contributed by atoms with Crippen LogP contribution in [-0.2, 0) is 26.2 Å². The van der Waals surface area contributed by atoms with Gasteiger partial charge in [0.15, 0.2) is 0 Å². The van der Waals surface area contributed by atoms with Crippen LogP contribution in [-0.4, -0.2) is 43.3 Å². The molecule has 3 rings (SSSR count). The fraction of sp³-hybridized carbons (Fsp3) is 0.310. The number of nitrogens with zero attached hydrogens (tertiary/aromatic N) is 2. The highest BCUT2D eigenvalue weighted by Crippen LogP contribution is 2.26. The molecule has 1 unspecified atom stereocenters. The normalized spacial score (nSPS) is 12.5. The molecule has 0 aliphatic heterocycles. The van der Waals surface area contributed by atoms with Gasteiger partial charge in [-0.3, -0.25) is 13.9 Å². The molecule has 7 nitrogen and oxygen atoms in total. The molecular weight excluding hydrogens is 557 g/mol. The molecule has 208 valence electrons. The van der Waals surface area contributed by atoms with Crippen molar-refractivity contribution in [1.29, 1.82) is 0 Å². The second-order valence-electron chi connectivity index (χ2n) is 10.3. The second kappa shape index (κ2) is 12.4. The van der Waals surface area contributed by atoms with E-state index < -0.39 is 34.1 Å². The van der Waals surface area contributed by atoms with E-state index in [1.165, 1.54) is 17.0 Å². The Labute approximate surface area is 240 Å². The Kier molecular flexibility index (Phi) is 9.69. The number of carbonyl (C=O) groups is 2. The van der Waals surface area contributed by atoms with E-state index in [0.717, 1.165) is 9.87 Å². The number of rotatable bonds is 9. The highest BCUT2D eigenvalue weighted by Gasteiger charge is 2.33. The summed E-state index contributed by atoms with van der Waals surface area (Å²) in [7, 11) is -4.11. The predicted octanol–water partition coefficient (Wildman–Crippen LogP) is 5.83. The van der Waals surface area contributed by atoms with E-state index in [1.54, 1.807) is 67.6 Å². The zero-order chi connectivity index (χ0) is 29.0. The monoisotopic (exact) mass is 589 g/mol. The number of amides is 2. The third-order valence-corrected chi connectivity index (χ3v) is 8.46. The molecular formula is C29H33Cl2N3O4S. The van der Waals surface area contributed by atoms with Gasteiger partial charge in [-0.2, -0.15) is 0 Å². The minimum Gasteiger partial charge on any atom is -0.350 e. The van der Waals surface area contributed by atoms with Gasteiger partial charge in [-0.15, -0.1) is 0 Å². The third kappa shape index (κ3) is 7.97. The average molecular weight is 591 g/mol. The number of aryl methyl sites for hydroxylation is 1. The number of halogens is 2. The quantitative estimate of drug-likeness (QED) is 0.340. The molecule has 1 N–H and O–H groups in total. The Balaban J connectivity index is 2.02. The van der Waals surface area contributed by atoms with Crippen molar-refractivity contribution in [2.24, 2.45) is 0 Å². The molecule has 3 aromatic carbocycles. The first-order valence-corrected chi connectivity index (χ1v) is 14.6. The maximum absolute atomic E-state index is 13.9. The van der Waals surface area contributed by atoms with Gasteiger partial charge in [-0.25, -0.2) is 8.42 Å². The lowest BCUT2D eigenvalue weighted by atomic mass is 10.1. The molecule has 0 saturated heterocycles. The van der Waals surface area contributed by atoms with E-state index >= 15 is 0 Å². The summed E-state index contributed by atoms with van der Waals surface area (Å²) in [5, 5.41) is 3.56.